The van der Waals surface area contributed by atoms with E-state index in [0.29, 0.717) is 11.3 Å². The minimum Gasteiger partial charge on any atom is -0.489 e. The van der Waals surface area contributed by atoms with Gasteiger partial charge in [0.15, 0.2) is 0 Å². The summed E-state index contributed by atoms with van der Waals surface area (Å²) in [7, 11) is 0. The molecule has 0 fully saturated rings. The zero-order chi connectivity index (χ0) is 18.5. The number of benzene rings is 3. The molecule has 0 aliphatic rings. The lowest BCUT2D eigenvalue weighted by Gasteiger charge is -2.08. The first-order valence-electron chi connectivity index (χ1n) is 7.74. The second-order valence-electron chi connectivity index (χ2n) is 5.55. The number of ether oxygens (including phenoxy) is 1. The topological polar surface area (TPSA) is 95.5 Å². The molecule has 0 N–H and O–H groups in total. The molecule has 26 heavy (non-hydrogen) atoms. The maximum atomic E-state index is 10.9. The van der Waals surface area contributed by atoms with Crippen molar-refractivity contribution in [3.63, 3.8) is 0 Å². The summed E-state index contributed by atoms with van der Waals surface area (Å²) in [5.41, 5.74) is 1.80. The molecule has 0 saturated carbocycles. The summed E-state index contributed by atoms with van der Waals surface area (Å²) >= 11 is 0. The van der Waals surface area contributed by atoms with Crippen LogP contribution in [-0.2, 0) is 6.61 Å². The fourth-order valence-electron chi connectivity index (χ4n) is 2.49. The van der Waals surface area contributed by atoms with Gasteiger partial charge in [-0.3, -0.25) is 20.2 Å². The third-order valence-corrected chi connectivity index (χ3v) is 3.75. The molecule has 0 spiro atoms. The van der Waals surface area contributed by atoms with Crippen molar-refractivity contribution >= 4 is 11.4 Å². The van der Waals surface area contributed by atoms with E-state index in [1.165, 1.54) is 12.1 Å². The number of non-ortho nitro benzene ring substituents is 2. The van der Waals surface area contributed by atoms with Crippen LogP contribution in [0.4, 0.5) is 11.4 Å². The summed E-state index contributed by atoms with van der Waals surface area (Å²) in [5.74, 6) is 0.568. The first-order valence-corrected chi connectivity index (χ1v) is 7.74. The smallest absolute Gasteiger partial charge is 0.276 e. The first kappa shape index (κ1) is 17.1. The van der Waals surface area contributed by atoms with Gasteiger partial charge in [-0.2, -0.15) is 0 Å². The van der Waals surface area contributed by atoms with Crippen LogP contribution in [0, 0.1) is 20.2 Å². The number of nitro groups is 2. The van der Waals surface area contributed by atoms with Gasteiger partial charge in [-0.05, 0) is 23.3 Å². The molecule has 0 aliphatic heterocycles. The summed E-state index contributed by atoms with van der Waals surface area (Å²) < 4.78 is 5.61. The average Bonchev–Trinajstić information content (AvgIpc) is 2.67. The highest BCUT2D eigenvalue weighted by atomic mass is 16.6. The fraction of sp³-hybridized carbons (Fsp3) is 0.0526. The predicted octanol–water partition coefficient (Wildman–Crippen LogP) is 4.75. The molecular formula is C19H14N2O5. The van der Waals surface area contributed by atoms with Gasteiger partial charge in [-0.25, -0.2) is 0 Å². The molecule has 3 aromatic rings. The van der Waals surface area contributed by atoms with Crippen LogP contribution in [-0.4, -0.2) is 9.85 Å². The first-order chi connectivity index (χ1) is 12.5. The second-order valence-corrected chi connectivity index (χ2v) is 5.55. The Morgan fingerprint density at radius 1 is 0.731 bits per heavy atom. The van der Waals surface area contributed by atoms with Gasteiger partial charge in [0.2, 0.25) is 0 Å². The molecule has 0 aliphatic carbocycles. The summed E-state index contributed by atoms with van der Waals surface area (Å²) in [4.78, 5) is 20.5. The molecule has 3 aromatic carbocycles. The summed E-state index contributed by atoms with van der Waals surface area (Å²) in [6.07, 6.45) is 0. The van der Waals surface area contributed by atoms with E-state index < -0.39 is 9.85 Å². The van der Waals surface area contributed by atoms with Crippen molar-refractivity contribution in [1.82, 2.24) is 0 Å². The molecule has 0 saturated heterocycles. The minimum absolute atomic E-state index is 0.00674. The van der Waals surface area contributed by atoms with Crippen molar-refractivity contribution in [3.05, 3.63) is 98.6 Å². The third-order valence-electron chi connectivity index (χ3n) is 3.75. The lowest BCUT2D eigenvalue weighted by atomic mass is 10.1. The van der Waals surface area contributed by atoms with E-state index in [0.717, 1.165) is 17.2 Å². The van der Waals surface area contributed by atoms with E-state index in [1.807, 2.05) is 42.5 Å². The van der Waals surface area contributed by atoms with E-state index in [-0.39, 0.29) is 18.0 Å². The van der Waals surface area contributed by atoms with Crippen molar-refractivity contribution in [2.45, 2.75) is 6.61 Å². The van der Waals surface area contributed by atoms with E-state index in [4.69, 9.17) is 4.74 Å². The number of nitro benzene ring substituents is 2. The number of hydrogen-bond acceptors (Lipinski definition) is 5. The van der Waals surface area contributed by atoms with Gasteiger partial charge in [0, 0.05) is 17.7 Å². The summed E-state index contributed by atoms with van der Waals surface area (Å²) in [5, 5.41) is 21.8. The second kappa shape index (κ2) is 7.43. The highest BCUT2D eigenvalue weighted by Crippen LogP contribution is 2.25. The third kappa shape index (κ3) is 4.02. The van der Waals surface area contributed by atoms with E-state index >= 15 is 0 Å². The monoisotopic (exact) mass is 350 g/mol. The Morgan fingerprint density at radius 3 is 1.81 bits per heavy atom. The molecule has 0 atom stereocenters. The Kier molecular flexibility index (Phi) is 4.89. The molecule has 130 valence electrons. The van der Waals surface area contributed by atoms with Crippen LogP contribution in [0.5, 0.6) is 5.75 Å². The van der Waals surface area contributed by atoms with Gasteiger partial charge in [0.1, 0.15) is 12.4 Å². The molecule has 7 nitrogen and oxygen atoms in total. The van der Waals surface area contributed by atoms with Gasteiger partial charge in [0.25, 0.3) is 11.4 Å². The van der Waals surface area contributed by atoms with Crippen LogP contribution in [0.25, 0.3) is 11.1 Å². The molecule has 0 amide bonds. The normalized spacial score (nSPS) is 10.3. The van der Waals surface area contributed by atoms with E-state index in [2.05, 4.69) is 0 Å². The van der Waals surface area contributed by atoms with Crippen molar-refractivity contribution in [2.24, 2.45) is 0 Å². The van der Waals surface area contributed by atoms with Crippen molar-refractivity contribution in [3.8, 4) is 16.9 Å². The van der Waals surface area contributed by atoms with Crippen molar-refractivity contribution < 1.29 is 14.6 Å². The standard InChI is InChI=1S/C19H14N2O5/c22-20(23)17-10-14(11-18(12-17)21(24)25)13-26-19-8-6-16(7-9-19)15-4-2-1-3-5-15/h1-12H,13H2. The summed E-state index contributed by atoms with van der Waals surface area (Å²) in [6, 6.07) is 20.7. The quantitative estimate of drug-likeness (QED) is 0.472. The van der Waals surface area contributed by atoms with Crippen LogP contribution >= 0.6 is 0 Å². The Morgan fingerprint density at radius 2 is 1.27 bits per heavy atom. The van der Waals surface area contributed by atoms with E-state index in [1.54, 1.807) is 12.1 Å². The number of nitrogens with zero attached hydrogens (tertiary/aromatic N) is 2. The molecule has 3 rings (SSSR count). The molecule has 0 radical (unpaired) electrons. The SMILES string of the molecule is O=[N+]([O-])c1cc(COc2ccc(-c3ccccc3)cc2)cc([N+](=O)[O-])c1. The predicted molar refractivity (Wildman–Crippen MR) is 96.0 cm³/mol. The minimum atomic E-state index is -0.662. The zero-order valence-corrected chi connectivity index (χ0v) is 13.6. The van der Waals surface area contributed by atoms with Crippen LogP contribution in [0.15, 0.2) is 72.8 Å². The van der Waals surface area contributed by atoms with Crippen molar-refractivity contribution in [2.75, 3.05) is 0 Å². The van der Waals surface area contributed by atoms with Gasteiger partial charge >= 0.3 is 0 Å². The Hall–Kier alpha value is -3.74. The Labute approximate surface area is 148 Å². The van der Waals surface area contributed by atoms with E-state index in [9.17, 15) is 20.2 Å². The van der Waals surface area contributed by atoms with Gasteiger partial charge in [0.05, 0.1) is 15.9 Å². The van der Waals surface area contributed by atoms with Crippen LogP contribution in [0.1, 0.15) is 5.56 Å². The zero-order valence-electron chi connectivity index (χ0n) is 13.6. The van der Waals surface area contributed by atoms with Crippen LogP contribution in [0.3, 0.4) is 0 Å². The highest BCUT2D eigenvalue weighted by Gasteiger charge is 2.16. The maximum absolute atomic E-state index is 10.9. The van der Waals surface area contributed by atoms with Crippen LogP contribution in [0.2, 0.25) is 0 Å². The van der Waals surface area contributed by atoms with Gasteiger partial charge < -0.3 is 4.74 Å². The molecule has 0 aromatic heterocycles. The molecule has 0 heterocycles. The van der Waals surface area contributed by atoms with Gasteiger partial charge in [-0.1, -0.05) is 42.5 Å². The lowest BCUT2D eigenvalue weighted by Crippen LogP contribution is -1.99. The van der Waals surface area contributed by atoms with Crippen molar-refractivity contribution in [1.29, 1.82) is 0 Å². The highest BCUT2D eigenvalue weighted by molar-refractivity contribution is 5.63. The Balaban J connectivity index is 1.74. The molecule has 0 unspecified atom stereocenters. The number of hydrogen-bond donors (Lipinski definition) is 0. The van der Waals surface area contributed by atoms with Gasteiger partial charge in [-0.15, -0.1) is 0 Å². The average molecular weight is 350 g/mol. The fourth-order valence-corrected chi connectivity index (χ4v) is 2.49. The molecular weight excluding hydrogens is 336 g/mol. The lowest BCUT2D eigenvalue weighted by molar-refractivity contribution is -0.394. The maximum Gasteiger partial charge on any atom is 0.276 e. The molecule has 0 bridgehead atoms. The number of rotatable bonds is 6. The van der Waals surface area contributed by atoms with Crippen LogP contribution < -0.4 is 4.74 Å². The largest absolute Gasteiger partial charge is 0.489 e. The Bertz CT molecular complexity index is 908. The molecule has 7 heteroatoms. The summed E-state index contributed by atoms with van der Waals surface area (Å²) in [6.45, 7) is -0.00674.